The van der Waals surface area contributed by atoms with Crippen LogP contribution in [-0.4, -0.2) is 24.5 Å². The van der Waals surface area contributed by atoms with E-state index >= 15 is 0 Å². The van der Waals surface area contributed by atoms with Gasteiger partial charge in [0.15, 0.2) is 0 Å². The first-order chi connectivity index (χ1) is 3.81. The van der Waals surface area contributed by atoms with Crippen LogP contribution in [0.5, 0.6) is 0 Å². The van der Waals surface area contributed by atoms with Crippen molar-refractivity contribution >= 4 is 17.7 Å². The minimum Gasteiger partial charge on any atom is -0.358 e. The quantitative estimate of drug-likeness (QED) is 0.607. The number of amides is 1. The van der Waals surface area contributed by atoms with E-state index in [0.29, 0.717) is 5.75 Å². The maximum absolute atomic E-state index is 10.4. The second kappa shape index (κ2) is 4.97. The highest BCUT2D eigenvalue weighted by atomic mass is 32.2. The highest BCUT2D eigenvalue weighted by molar-refractivity contribution is 7.99. The van der Waals surface area contributed by atoms with Gasteiger partial charge in [-0.25, -0.2) is 0 Å². The van der Waals surface area contributed by atoms with E-state index in [1.807, 2.05) is 6.92 Å². The molecule has 1 N–H and O–H groups in total. The molecule has 0 saturated carbocycles. The Morgan fingerprint density at radius 2 is 2.38 bits per heavy atom. The summed E-state index contributed by atoms with van der Waals surface area (Å²) in [5, 5.41) is 2.54. The molecule has 0 heterocycles. The van der Waals surface area contributed by atoms with Gasteiger partial charge in [0.25, 0.3) is 0 Å². The van der Waals surface area contributed by atoms with Gasteiger partial charge in [-0.2, -0.15) is 11.8 Å². The number of nitrogens with one attached hydrogen (secondary N) is 1. The summed E-state index contributed by atoms with van der Waals surface area (Å²) in [5.74, 6) is 1.71. The van der Waals surface area contributed by atoms with Crippen LogP contribution in [0.1, 0.15) is 6.92 Å². The van der Waals surface area contributed by atoms with E-state index in [9.17, 15) is 4.79 Å². The zero-order chi connectivity index (χ0) is 6.41. The van der Waals surface area contributed by atoms with E-state index < -0.39 is 0 Å². The van der Waals surface area contributed by atoms with E-state index in [2.05, 4.69) is 5.32 Å². The minimum absolute atomic E-state index is 0.108. The van der Waals surface area contributed by atoms with Gasteiger partial charge in [0.2, 0.25) is 5.91 Å². The second-order valence-electron chi connectivity index (χ2n) is 1.31. The smallest absolute Gasteiger partial charge is 0.229 e. The van der Waals surface area contributed by atoms with Gasteiger partial charge in [0, 0.05) is 7.05 Å². The molecule has 3 heteroatoms. The van der Waals surface area contributed by atoms with Crippen LogP contribution in [0, 0.1) is 0 Å². The van der Waals surface area contributed by atoms with Gasteiger partial charge in [-0.3, -0.25) is 4.79 Å². The predicted molar refractivity (Wildman–Crippen MR) is 37.1 cm³/mol. The first-order valence-electron chi connectivity index (χ1n) is 2.59. The van der Waals surface area contributed by atoms with E-state index in [-0.39, 0.29) is 5.91 Å². The summed E-state index contributed by atoms with van der Waals surface area (Å²) in [4.78, 5) is 10.4. The molecule has 0 aliphatic rings. The summed E-state index contributed by atoms with van der Waals surface area (Å²) in [6.07, 6.45) is 0. The molecule has 0 aliphatic carbocycles. The molecule has 1 amide bonds. The number of hydrogen-bond acceptors (Lipinski definition) is 2. The van der Waals surface area contributed by atoms with Crippen molar-refractivity contribution in [2.75, 3.05) is 18.6 Å². The summed E-state index contributed by atoms with van der Waals surface area (Å²) in [5.41, 5.74) is 0. The van der Waals surface area contributed by atoms with Crippen LogP contribution < -0.4 is 5.32 Å². The van der Waals surface area contributed by atoms with Crippen molar-refractivity contribution in [3.63, 3.8) is 0 Å². The van der Waals surface area contributed by atoms with E-state index in [0.717, 1.165) is 5.75 Å². The first-order valence-corrected chi connectivity index (χ1v) is 3.75. The fraction of sp³-hybridized carbons (Fsp3) is 0.800. The van der Waals surface area contributed by atoms with Crippen molar-refractivity contribution in [2.24, 2.45) is 0 Å². The Labute approximate surface area is 54.0 Å². The Morgan fingerprint density at radius 1 is 1.75 bits per heavy atom. The third-order valence-electron chi connectivity index (χ3n) is 0.716. The topological polar surface area (TPSA) is 29.1 Å². The molecule has 0 atom stereocenters. The molecule has 48 valence electrons. The first kappa shape index (κ1) is 7.82. The molecular weight excluding hydrogens is 122 g/mol. The average molecular weight is 133 g/mol. The molecule has 0 fully saturated rings. The summed E-state index contributed by atoms with van der Waals surface area (Å²) >= 11 is 1.63. The lowest BCUT2D eigenvalue weighted by molar-refractivity contribution is -0.118. The second-order valence-corrected chi connectivity index (χ2v) is 2.58. The lowest BCUT2D eigenvalue weighted by atomic mass is 10.7. The lowest BCUT2D eigenvalue weighted by Crippen LogP contribution is -2.19. The van der Waals surface area contributed by atoms with Crippen LogP contribution in [-0.2, 0) is 4.79 Å². The molecule has 0 aromatic rings. The van der Waals surface area contributed by atoms with Crippen LogP contribution >= 0.6 is 11.8 Å². The van der Waals surface area contributed by atoms with Crippen LogP contribution in [0.25, 0.3) is 0 Å². The number of thioether (sulfide) groups is 1. The largest absolute Gasteiger partial charge is 0.358 e. The van der Waals surface area contributed by atoms with E-state index in [4.69, 9.17) is 0 Å². The Bertz CT molecular complexity index is 74.8. The molecule has 0 aromatic heterocycles. The molecule has 0 radical (unpaired) electrons. The van der Waals surface area contributed by atoms with Gasteiger partial charge in [-0.1, -0.05) is 6.92 Å². The third kappa shape index (κ3) is 3.99. The van der Waals surface area contributed by atoms with Gasteiger partial charge in [-0.15, -0.1) is 0 Å². The average Bonchev–Trinajstić information content (AvgIpc) is 1.83. The summed E-state index contributed by atoms with van der Waals surface area (Å²) in [7, 11) is 1.65. The molecule has 0 unspecified atom stereocenters. The van der Waals surface area contributed by atoms with Crippen molar-refractivity contribution in [2.45, 2.75) is 6.92 Å². The van der Waals surface area contributed by atoms with E-state index in [1.165, 1.54) is 0 Å². The molecular formula is C5H11NOS. The fourth-order valence-electron chi connectivity index (χ4n) is 0.267. The monoisotopic (exact) mass is 133 g/mol. The summed E-state index contributed by atoms with van der Waals surface area (Å²) in [6, 6.07) is 0. The normalized spacial score (nSPS) is 8.75. The van der Waals surface area contributed by atoms with Gasteiger partial charge >= 0.3 is 0 Å². The Morgan fingerprint density at radius 3 is 2.75 bits per heavy atom. The van der Waals surface area contributed by atoms with Gasteiger partial charge < -0.3 is 5.32 Å². The predicted octanol–water partition coefficient (Wildman–Crippen LogP) is 0.485. The van der Waals surface area contributed by atoms with Crippen molar-refractivity contribution in [1.29, 1.82) is 0 Å². The fourth-order valence-corrected chi connectivity index (χ4v) is 0.801. The number of carbonyl (C=O) groups excluding carboxylic acids is 1. The van der Waals surface area contributed by atoms with Crippen LogP contribution in [0.2, 0.25) is 0 Å². The number of hydrogen-bond donors (Lipinski definition) is 1. The Kier molecular flexibility index (Phi) is 4.85. The third-order valence-corrected chi connectivity index (χ3v) is 1.59. The molecule has 0 aliphatic heterocycles. The highest BCUT2D eigenvalue weighted by Crippen LogP contribution is 1.95. The van der Waals surface area contributed by atoms with E-state index in [1.54, 1.807) is 18.8 Å². The molecule has 0 rings (SSSR count). The maximum Gasteiger partial charge on any atom is 0.229 e. The summed E-state index contributed by atoms with van der Waals surface area (Å²) in [6.45, 7) is 2.04. The Balaban J connectivity index is 2.99. The molecule has 0 spiro atoms. The van der Waals surface area contributed by atoms with Crippen molar-refractivity contribution in [3.8, 4) is 0 Å². The van der Waals surface area contributed by atoms with Crippen LogP contribution in [0.15, 0.2) is 0 Å². The van der Waals surface area contributed by atoms with Gasteiger partial charge in [0.1, 0.15) is 0 Å². The lowest BCUT2D eigenvalue weighted by Gasteiger charge is -1.94. The zero-order valence-electron chi connectivity index (χ0n) is 5.23. The highest BCUT2D eigenvalue weighted by Gasteiger charge is 1.92. The molecule has 0 saturated heterocycles. The number of carbonyl (C=O) groups is 1. The van der Waals surface area contributed by atoms with Crippen molar-refractivity contribution in [1.82, 2.24) is 5.32 Å². The molecule has 2 nitrogen and oxygen atoms in total. The minimum atomic E-state index is 0.108. The molecule has 8 heavy (non-hydrogen) atoms. The van der Waals surface area contributed by atoms with Crippen LogP contribution in [0.3, 0.4) is 0 Å². The Hall–Kier alpha value is -0.180. The standard InChI is InChI=1S/C5H11NOS/c1-3-8-4-5(7)6-2/h3-4H2,1-2H3,(H,6,7). The van der Waals surface area contributed by atoms with Crippen LogP contribution in [0.4, 0.5) is 0 Å². The molecule has 0 aromatic carbocycles. The zero-order valence-corrected chi connectivity index (χ0v) is 6.05. The van der Waals surface area contributed by atoms with Crippen molar-refractivity contribution < 1.29 is 4.79 Å². The summed E-state index contributed by atoms with van der Waals surface area (Å²) < 4.78 is 0. The maximum atomic E-state index is 10.4. The van der Waals surface area contributed by atoms with Gasteiger partial charge in [-0.05, 0) is 5.75 Å². The molecule has 0 bridgehead atoms. The number of rotatable bonds is 3. The SMILES string of the molecule is CCSCC(=O)NC. The van der Waals surface area contributed by atoms with Crippen molar-refractivity contribution in [3.05, 3.63) is 0 Å². The van der Waals surface area contributed by atoms with Gasteiger partial charge in [0.05, 0.1) is 5.75 Å².